The van der Waals surface area contributed by atoms with Crippen LogP contribution in [0, 0.1) is 5.82 Å². The lowest BCUT2D eigenvalue weighted by Crippen LogP contribution is -2.49. The summed E-state index contributed by atoms with van der Waals surface area (Å²) in [6.45, 7) is 2.32. The maximum Gasteiger partial charge on any atom is 0.274 e. The maximum absolute atomic E-state index is 13.9. The van der Waals surface area contributed by atoms with Crippen LogP contribution in [0.5, 0.6) is 0 Å². The van der Waals surface area contributed by atoms with E-state index in [-0.39, 0.29) is 11.7 Å². The van der Waals surface area contributed by atoms with Crippen molar-refractivity contribution >= 4 is 22.9 Å². The number of hydrogen-bond acceptors (Lipinski definition) is 4. The Labute approximate surface area is 155 Å². The summed E-state index contributed by atoms with van der Waals surface area (Å²) >= 11 is 1.62. The molecule has 26 heavy (non-hydrogen) atoms. The van der Waals surface area contributed by atoms with E-state index in [1.807, 2.05) is 41.6 Å². The molecule has 1 amide bonds. The molecule has 0 unspecified atom stereocenters. The second-order valence-electron chi connectivity index (χ2n) is 6.25. The number of halogens is 1. The van der Waals surface area contributed by atoms with Gasteiger partial charge in [0.1, 0.15) is 5.82 Å². The Kier molecular flexibility index (Phi) is 4.46. The van der Waals surface area contributed by atoms with Crippen LogP contribution in [-0.2, 0) is 7.05 Å². The molecule has 1 saturated heterocycles. The maximum atomic E-state index is 13.9. The van der Waals surface area contributed by atoms with Gasteiger partial charge in [0.05, 0.1) is 16.3 Å². The van der Waals surface area contributed by atoms with Gasteiger partial charge in [0, 0.05) is 33.2 Å². The number of piperazine rings is 1. The normalized spacial score (nSPS) is 14.7. The minimum Gasteiger partial charge on any atom is -0.366 e. The fourth-order valence-electron chi connectivity index (χ4n) is 3.25. The minimum absolute atomic E-state index is 0.0726. The van der Waals surface area contributed by atoms with Crippen molar-refractivity contribution in [3.05, 3.63) is 59.4 Å². The number of aromatic nitrogens is 2. The summed E-state index contributed by atoms with van der Waals surface area (Å²) in [5, 5.41) is 6.40. The van der Waals surface area contributed by atoms with E-state index < -0.39 is 0 Å². The molecule has 1 aliphatic rings. The average Bonchev–Trinajstić information content (AvgIpc) is 3.31. The Morgan fingerprint density at radius 3 is 2.58 bits per heavy atom. The molecule has 3 heterocycles. The lowest BCUT2D eigenvalue weighted by molar-refractivity contribution is 0.0740. The van der Waals surface area contributed by atoms with Crippen LogP contribution < -0.4 is 4.90 Å². The number of carbonyl (C=O) groups is 1. The molecule has 2 aromatic heterocycles. The van der Waals surface area contributed by atoms with Gasteiger partial charge in [-0.05, 0) is 29.6 Å². The Morgan fingerprint density at radius 2 is 1.88 bits per heavy atom. The first-order valence-corrected chi connectivity index (χ1v) is 9.38. The number of hydrogen-bond donors (Lipinski definition) is 0. The molecule has 0 atom stereocenters. The number of carbonyl (C=O) groups excluding carboxylic acids is 1. The number of aryl methyl sites for hydroxylation is 1. The molecule has 1 aliphatic heterocycles. The lowest BCUT2D eigenvalue weighted by Gasteiger charge is -2.35. The summed E-state index contributed by atoms with van der Waals surface area (Å²) in [7, 11) is 1.85. The topological polar surface area (TPSA) is 41.4 Å². The molecule has 5 nitrogen and oxygen atoms in total. The summed E-state index contributed by atoms with van der Waals surface area (Å²) < 4.78 is 15.7. The molecule has 1 aromatic carbocycles. The molecule has 0 spiro atoms. The van der Waals surface area contributed by atoms with Gasteiger partial charge in [0.25, 0.3) is 5.91 Å². The molecule has 0 radical (unpaired) electrons. The van der Waals surface area contributed by atoms with Crippen LogP contribution in [-0.4, -0.2) is 46.8 Å². The van der Waals surface area contributed by atoms with Crippen LogP contribution >= 0.6 is 11.3 Å². The van der Waals surface area contributed by atoms with Crippen molar-refractivity contribution in [1.82, 2.24) is 14.7 Å². The van der Waals surface area contributed by atoms with Gasteiger partial charge in [-0.15, -0.1) is 11.3 Å². The predicted octanol–water partition coefficient (Wildman–Crippen LogP) is 3.25. The highest BCUT2D eigenvalue weighted by molar-refractivity contribution is 7.13. The highest BCUT2D eigenvalue weighted by atomic mass is 32.1. The van der Waals surface area contributed by atoms with Crippen LogP contribution in [0.15, 0.2) is 47.8 Å². The number of nitrogens with zero attached hydrogens (tertiary/aromatic N) is 4. The molecule has 3 aromatic rings. The first-order valence-electron chi connectivity index (χ1n) is 8.50. The Morgan fingerprint density at radius 1 is 1.12 bits per heavy atom. The number of amides is 1. The average molecular weight is 370 g/mol. The van der Waals surface area contributed by atoms with Gasteiger partial charge < -0.3 is 9.80 Å². The summed E-state index contributed by atoms with van der Waals surface area (Å²) in [5.74, 6) is -0.297. The summed E-state index contributed by atoms with van der Waals surface area (Å²) in [4.78, 5) is 17.7. The smallest absolute Gasteiger partial charge is 0.274 e. The molecule has 4 rings (SSSR count). The second-order valence-corrected chi connectivity index (χ2v) is 7.19. The zero-order valence-corrected chi connectivity index (χ0v) is 15.2. The molecule has 7 heteroatoms. The molecular formula is C19H19FN4OS. The van der Waals surface area contributed by atoms with Crippen LogP contribution in [0.1, 0.15) is 10.5 Å². The van der Waals surface area contributed by atoms with Crippen LogP contribution in [0.25, 0.3) is 10.6 Å². The van der Waals surface area contributed by atoms with Crippen molar-refractivity contribution in [3.8, 4) is 10.6 Å². The molecule has 0 saturated carbocycles. The van der Waals surface area contributed by atoms with Crippen molar-refractivity contribution in [2.24, 2.45) is 7.05 Å². The molecule has 0 bridgehead atoms. The van der Waals surface area contributed by atoms with Gasteiger partial charge in [-0.25, -0.2) is 4.39 Å². The van der Waals surface area contributed by atoms with E-state index in [1.165, 1.54) is 6.07 Å². The molecule has 134 valence electrons. The van der Waals surface area contributed by atoms with Crippen LogP contribution in [0.4, 0.5) is 10.1 Å². The SMILES string of the molecule is Cn1nc(C(=O)N2CCN(c3ccccc3F)CC2)cc1-c1cccs1. The van der Waals surface area contributed by atoms with Crippen molar-refractivity contribution < 1.29 is 9.18 Å². The van der Waals surface area contributed by atoms with Gasteiger partial charge in [-0.3, -0.25) is 9.48 Å². The summed E-state index contributed by atoms with van der Waals surface area (Å²) in [5.41, 5.74) is 1.99. The van der Waals surface area contributed by atoms with Crippen molar-refractivity contribution in [1.29, 1.82) is 0 Å². The van der Waals surface area contributed by atoms with Gasteiger partial charge in [0.2, 0.25) is 0 Å². The standard InChI is InChI=1S/C19H19FN4OS/c1-22-17(18-7-4-12-26-18)13-15(21-22)19(25)24-10-8-23(9-11-24)16-6-3-2-5-14(16)20/h2-7,12-13H,8-11H2,1H3. The highest BCUT2D eigenvalue weighted by Gasteiger charge is 2.25. The van der Waals surface area contributed by atoms with Crippen LogP contribution in [0.2, 0.25) is 0 Å². The predicted molar refractivity (Wildman–Crippen MR) is 101 cm³/mol. The van der Waals surface area contributed by atoms with E-state index in [9.17, 15) is 9.18 Å². The Hall–Kier alpha value is -2.67. The monoisotopic (exact) mass is 370 g/mol. The van der Waals surface area contributed by atoms with Gasteiger partial charge in [-0.1, -0.05) is 18.2 Å². The van der Waals surface area contributed by atoms with Gasteiger partial charge >= 0.3 is 0 Å². The number of rotatable bonds is 3. The van der Waals surface area contributed by atoms with Crippen molar-refractivity contribution in [2.75, 3.05) is 31.1 Å². The summed E-state index contributed by atoms with van der Waals surface area (Å²) in [6.07, 6.45) is 0. The van der Waals surface area contributed by atoms with E-state index in [4.69, 9.17) is 0 Å². The summed E-state index contributed by atoms with van der Waals surface area (Å²) in [6, 6.07) is 12.6. The van der Waals surface area contributed by atoms with Crippen molar-refractivity contribution in [3.63, 3.8) is 0 Å². The van der Waals surface area contributed by atoms with Gasteiger partial charge in [-0.2, -0.15) is 5.10 Å². The number of anilines is 1. The number of thiophene rings is 1. The third-order valence-corrected chi connectivity index (χ3v) is 5.52. The zero-order valence-electron chi connectivity index (χ0n) is 14.4. The van der Waals surface area contributed by atoms with E-state index in [1.54, 1.807) is 33.1 Å². The number of benzene rings is 1. The van der Waals surface area contributed by atoms with E-state index in [0.29, 0.717) is 37.6 Å². The van der Waals surface area contributed by atoms with Gasteiger partial charge in [0.15, 0.2) is 5.69 Å². The molecule has 0 N–H and O–H groups in total. The second kappa shape index (κ2) is 6.92. The quantitative estimate of drug-likeness (QED) is 0.711. The third kappa shape index (κ3) is 3.10. The first kappa shape index (κ1) is 16.8. The lowest BCUT2D eigenvalue weighted by atomic mass is 10.2. The number of para-hydroxylation sites is 1. The minimum atomic E-state index is -0.224. The molecule has 1 fully saturated rings. The molecular weight excluding hydrogens is 351 g/mol. The third-order valence-electron chi connectivity index (χ3n) is 4.63. The van der Waals surface area contributed by atoms with E-state index in [2.05, 4.69) is 5.10 Å². The van der Waals surface area contributed by atoms with Crippen LogP contribution in [0.3, 0.4) is 0 Å². The zero-order chi connectivity index (χ0) is 18.1. The Balaban J connectivity index is 1.46. The van der Waals surface area contributed by atoms with E-state index in [0.717, 1.165) is 10.6 Å². The Bertz CT molecular complexity index is 914. The fraction of sp³-hybridized carbons (Fsp3) is 0.263. The fourth-order valence-corrected chi connectivity index (χ4v) is 4.02. The van der Waals surface area contributed by atoms with E-state index >= 15 is 0 Å². The largest absolute Gasteiger partial charge is 0.366 e. The highest BCUT2D eigenvalue weighted by Crippen LogP contribution is 2.26. The first-order chi connectivity index (χ1) is 12.6. The van der Waals surface area contributed by atoms with Crippen molar-refractivity contribution in [2.45, 2.75) is 0 Å². The molecule has 0 aliphatic carbocycles.